The van der Waals surface area contributed by atoms with E-state index in [1.54, 1.807) is 7.11 Å². The lowest BCUT2D eigenvalue weighted by Gasteiger charge is -2.19. The Hall–Kier alpha value is -0.910. The van der Waals surface area contributed by atoms with Gasteiger partial charge in [-0.25, -0.2) is 4.98 Å². The van der Waals surface area contributed by atoms with E-state index in [1.165, 1.54) is 0 Å². The predicted molar refractivity (Wildman–Crippen MR) is 63.8 cm³/mol. The normalized spacial score (nSPS) is 15.0. The van der Waals surface area contributed by atoms with Gasteiger partial charge in [0.15, 0.2) is 0 Å². The number of imidazole rings is 1. The summed E-state index contributed by atoms with van der Waals surface area (Å²) in [4.78, 5) is 4.33. The van der Waals surface area contributed by atoms with Crippen molar-refractivity contribution in [3.8, 4) is 0 Å². The summed E-state index contributed by atoms with van der Waals surface area (Å²) < 4.78 is 7.36. The smallest absolute Gasteiger partial charge is 0.110 e. The van der Waals surface area contributed by atoms with Gasteiger partial charge in [0.1, 0.15) is 5.82 Å². The molecule has 0 aliphatic heterocycles. The Morgan fingerprint density at radius 2 is 2.38 bits per heavy atom. The Balaban J connectivity index is 2.56. The van der Waals surface area contributed by atoms with Crippen molar-refractivity contribution in [3.05, 3.63) is 18.2 Å². The van der Waals surface area contributed by atoms with Crippen LogP contribution < -0.4 is 11.3 Å². The lowest BCUT2D eigenvalue weighted by molar-refractivity contribution is 0.100. The Bertz CT molecular complexity index is 300. The predicted octanol–water partition coefficient (Wildman–Crippen LogP) is 0.702. The molecule has 1 aromatic rings. The second kappa shape index (κ2) is 6.62. The first-order chi connectivity index (χ1) is 7.71. The molecule has 1 aromatic heterocycles. The van der Waals surface area contributed by atoms with Crippen molar-refractivity contribution >= 4 is 0 Å². The molecule has 0 saturated heterocycles. The van der Waals surface area contributed by atoms with Crippen molar-refractivity contribution in [1.82, 2.24) is 15.0 Å². The van der Waals surface area contributed by atoms with E-state index >= 15 is 0 Å². The van der Waals surface area contributed by atoms with Gasteiger partial charge in [0.2, 0.25) is 0 Å². The van der Waals surface area contributed by atoms with E-state index in [9.17, 15) is 0 Å². The minimum Gasteiger partial charge on any atom is -0.382 e. The van der Waals surface area contributed by atoms with Gasteiger partial charge in [0, 0.05) is 38.5 Å². The number of nitrogens with one attached hydrogen (secondary N) is 1. The van der Waals surface area contributed by atoms with Gasteiger partial charge in [-0.3, -0.25) is 11.3 Å². The van der Waals surface area contributed by atoms with Gasteiger partial charge in [-0.05, 0) is 20.3 Å². The van der Waals surface area contributed by atoms with Gasteiger partial charge < -0.3 is 9.30 Å². The highest BCUT2D eigenvalue weighted by Crippen LogP contribution is 2.07. The zero-order valence-electron chi connectivity index (χ0n) is 10.3. The molecule has 0 aliphatic carbocycles. The number of aromatic nitrogens is 2. The first-order valence-electron chi connectivity index (χ1n) is 5.70. The topological polar surface area (TPSA) is 65.1 Å². The third-order valence-corrected chi connectivity index (χ3v) is 2.83. The van der Waals surface area contributed by atoms with Crippen LogP contribution >= 0.6 is 0 Å². The van der Waals surface area contributed by atoms with Crippen molar-refractivity contribution in [2.75, 3.05) is 7.11 Å². The van der Waals surface area contributed by atoms with Gasteiger partial charge in [-0.1, -0.05) is 0 Å². The minimum absolute atomic E-state index is 0.197. The van der Waals surface area contributed by atoms with Crippen LogP contribution in [0.15, 0.2) is 12.4 Å². The molecule has 2 atom stereocenters. The quantitative estimate of drug-likeness (QED) is 0.530. The molecule has 0 bridgehead atoms. The summed E-state index contributed by atoms with van der Waals surface area (Å²) in [6.45, 7) is 5.08. The lowest BCUT2D eigenvalue weighted by Crippen LogP contribution is -2.39. The molecule has 0 aromatic carbocycles. The van der Waals surface area contributed by atoms with Crippen LogP contribution in [0.1, 0.15) is 26.1 Å². The van der Waals surface area contributed by atoms with Crippen molar-refractivity contribution in [2.45, 2.75) is 45.4 Å². The Labute approximate surface area is 97.0 Å². The van der Waals surface area contributed by atoms with Gasteiger partial charge in [-0.2, -0.15) is 0 Å². The minimum atomic E-state index is 0.197. The molecule has 16 heavy (non-hydrogen) atoms. The fourth-order valence-electron chi connectivity index (χ4n) is 1.75. The monoisotopic (exact) mass is 226 g/mol. The highest BCUT2D eigenvalue weighted by molar-refractivity contribution is 4.95. The van der Waals surface area contributed by atoms with Crippen molar-refractivity contribution < 1.29 is 4.74 Å². The highest BCUT2D eigenvalue weighted by atomic mass is 16.5. The molecule has 92 valence electrons. The maximum absolute atomic E-state index is 5.54. The molecule has 5 heteroatoms. The number of ether oxygens (including phenoxy) is 1. The molecule has 3 N–H and O–H groups in total. The molecule has 0 radical (unpaired) electrons. The number of nitrogens with two attached hydrogens (primary N) is 1. The Kier molecular flexibility index (Phi) is 5.45. The third kappa shape index (κ3) is 3.59. The summed E-state index contributed by atoms with van der Waals surface area (Å²) in [5.41, 5.74) is 2.82. The van der Waals surface area contributed by atoms with Crippen LogP contribution in [0, 0.1) is 0 Å². The molecular formula is C11H22N4O. The van der Waals surface area contributed by atoms with E-state index in [0.29, 0.717) is 0 Å². The van der Waals surface area contributed by atoms with Crippen molar-refractivity contribution in [2.24, 2.45) is 5.84 Å². The van der Waals surface area contributed by atoms with E-state index in [-0.39, 0.29) is 12.1 Å². The molecule has 1 heterocycles. The molecule has 1 rings (SSSR count). The largest absolute Gasteiger partial charge is 0.382 e. The Morgan fingerprint density at radius 3 is 2.94 bits per heavy atom. The summed E-state index contributed by atoms with van der Waals surface area (Å²) in [5.74, 6) is 6.60. The number of aryl methyl sites for hydroxylation is 1. The van der Waals surface area contributed by atoms with E-state index in [1.807, 2.05) is 19.3 Å². The maximum atomic E-state index is 5.54. The first kappa shape index (κ1) is 13.2. The fourth-order valence-corrected chi connectivity index (χ4v) is 1.75. The van der Waals surface area contributed by atoms with Crippen LogP contribution in [0.4, 0.5) is 0 Å². The van der Waals surface area contributed by atoms with Gasteiger partial charge in [-0.15, -0.1) is 0 Å². The zero-order chi connectivity index (χ0) is 12.0. The van der Waals surface area contributed by atoms with Crippen LogP contribution in [-0.2, 0) is 17.7 Å². The Morgan fingerprint density at radius 1 is 1.62 bits per heavy atom. The van der Waals surface area contributed by atoms with Crippen molar-refractivity contribution in [1.29, 1.82) is 0 Å². The van der Waals surface area contributed by atoms with E-state index in [0.717, 1.165) is 25.2 Å². The van der Waals surface area contributed by atoms with Crippen molar-refractivity contribution in [3.63, 3.8) is 0 Å². The standard InChI is InChI=1S/C11H22N4O/c1-4-15-6-5-13-11(15)8-10(14-12)7-9(2)16-3/h5-6,9-10,14H,4,7-8,12H2,1-3H3. The van der Waals surface area contributed by atoms with E-state index < -0.39 is 0 Å². The number of hydrazine groups is 1. The van der Waals surface area contributed by atoms with Gasteiger partial charge in [0.05, 0.1) is 6.10 Å². The summed E-state index contributed by atoms with van der Waals surface area (Å²) in [6, 6.07) is 0.197. The summed E-state index contributed by atoms with van der Waals surface area (Å²) in [5, 5.41) is 0. The average molecular weight is 226 g/mol. The zero-order valence-corrected chi connectivity index (χ0v) is 10.3. The fraction of sp³-hybridized carbons (Fsp3) is 0.727. The molecule has 2 unspecified atom stereocenters. The second-order valence-corrected chi connectivity index (χ2v) is 3.98. The average Bonchev–Trinajstić information content (AvgIpc) is 2.75. The molecule has 0 fully saturated rings. The number of rotatable bonds is 7. The van der Waals surface area contributed by atoms with E-state index in [4.69, 9.17) is 10.6 Å². The number of hydrogen-bond acceptors (Lipinski definition) is 4. The van der Waals surface area contributed by atoms with Crippen LogP contribution in [0.5, 0.6) is 0 Å². The number of methoxy groups -OCH3 is 1. The van der Waals surface area contributed by atoms with Crippen LogP contribution in [-0.4, -0.2) is 28.8 Å². The van der Waals surface area contributed by atoms with Gasteiger partial charge in [0.25, 0.3) is 0 Å². The summed E-state index contributed by atoms with van der Waals surface area (Å²) in [6.07, 6.45) is 5.72. The summed E-state index contributed by atoms with van der Waals surface area (Å²) in [7, 11) is 1.71. The molecule has 0 spiro atoms. The van der Waals surface area contributed by atoms with Crippen LogP contribution in [0.2, 0.25) is 0 Å². The summed E-state index contributed by atoms with van der Waals surface area (Å²) >= 11 is 0. The third-order valence-electron chi connectivity index (χ3n) is 2.83. The maximum Gasteiger partial charge on any atom is 0.110 e. The second-order valence-electron chi connectivity index (χ2n) is 3.98. The van der Waals surface area contributed by atoms with Gasteiger partial charge >= 0.3 is 0 Å². The molecule has 0 aliphatic rings. The van der Waals surface area contributed by atoms with Crippen LogP contribution in [0.3, 0.4) is 0 Å². The molecular weight excluding hydrogens is 204 g/mol. The van der Waals surface area contributed by atoms with Crippen LogP contribution in [0.25, 0.3) is 0 Å². The first-order valence-corrected chi connectivity index (χ1v) is 5.70. The number of nitrogens with zero attached hydrogens (tertiary/aromatic N) is 2. The SMILES string of the molecule is CCn1ccnc1CC(CC(C)OC)NN. The number of hydrogen-bond donors (Lipinski definition) is 2. The lowest BCUT2D eigenvalue weighted by atomic mass is 10.1. The molecule has 0 saturated carbocycles. The molecule has 0 amide bonds. The highest BCUT2D eigenvalue weighted by Gasteiger charge is 2.14. The van der Waals surface area contributed by atoms with E-state index in [2.05, 4.69) is 21.9 Å². The molecule has 5 nitrogen and oxygen atoms in total.